The van der Waals surface area contributed by atoms with Crippen molar-refractivity contribution in [3.05, 3.63) is 12.2 Å². The standard InChI is InChI=1S/C22H43IO2/c1-2-3-4-14-17-20-24-22-25-21-18-15-12-10-8-6-5-7-9-11-13-16-19-23/h12,15H,2-11,13-14,16-22H2,1H3. The number of rotatable bonds is 21. The van der Waals surface area contributed by atoms with Crippen LogP contribution in [0, 0.1) is 0 Å². The molecule has 0 bridgehead atoms. The van der Waals surface area contributed by atoms with Crippen LogP contribution in [0.2, 0.25) is 0 Å². The predicted octanol–water partition coefficient (Wildman–Crippen LogP) is 7.84. The van der Waals surface area contributed by atoms with E-state index in [1.165, 1.54) is 94.3 Å². The van der Waals surface area contributed by atoms with Gasteiger partial charge in [-0.05, 0) is 36.5 Å². The maximum Gasteiger partial charge on any atom is 0.146 e. The molecule has 0 saturated heterocycles. The third-order valence-corrected chi connectivity index (χ3v) is 5.17. The van der Waals surface area contributed by atoms with Crippen molar-refractivity contribution >= 4 is 22.6 Å². The topological polar surface area (TPSA) is 18.5 Å². The van der Waals surface area contributed by atoms with Gasteiger partial charge < -0.3 is 9.47 Å². The number of allylic oxidation sites excluding steroid dienone is 1. The van der Waals surface area contributed by atoms with Gasteiger partial charge in [-0.1, -0.05) is 106 Å². The number of hydrogen-bond donors (Lipinski definition) is 0. The monoisotopic (exact) mass is 466 g/mol. The molecule has 0 rings (SSSR count). The lowest BCUT2D eigenvalue weighted by Crippen LogP contribution is -2.02. The van der Waals surface area contributed by atoms with Crippen molar-refractivity contribution < 1.29 is 9.47 Å². The molecule has 0 saturated carbocycles. The average molecular weight is 466 g/mol. The molecule has 0 aromatic heterocycles. The van der Waals surface area contributed by atoms with Crippen LogP contribution < -0.4 is 0 Å². The number of unbranched alkanes of at least 4 members (excludes halogenated alkanes) is 12. The maximum absolute atomic E-state index is 5.49. The fourth-order valence-corrected chi connectivity index (χ4v) is 3.33. The zero-order chi connectivity index (χ0) is 18.3. The van der Waals surface area contributed by atoms with Crippen molar-refractivity contribution in [2.45, 2.75) is 103 Å². The van der Waals surface area contributed by atoms with Crippen LogP contribution in [-0.4, -0.2) is 24.4 Å². The Morgan fingerprint density at radius 1 is 0.600 bits per heavy atom. The molecule has 0 unspecified atom stereocenters. The van der Waals surface area contributed by atoms with Crippen LogP contribution in [0.4, 0.5) is 0 Å². The molecule has 0 aromatic rings. The largest absolute Gasteiger partial charge is 0.355 e. The summed E-state index contributed by atoms with van der Waals surface area (Å²) in [5, 5.41) is 0. The van der Waals surface area contributed by atoms with Gasteiger partial charge in [0, 0.05) is 6.61 Å². The van der Waals surface area contributed by atoms with Crippen LogP contribution in [0.1, 0.15) is 103 Å². The van der Waals surface area contributed by atoms with Crippen LogP contribution in [0.5, 0.6) is 0 Å². The van der Waals surface area contributed by atoms with E-state index in [1.54, 1.807) is 0 Å². The van der Waals surface area contributed by atoms with E-state index in [1.807, 2.05) is 0 Å². The van der Waals surface area contributed by atoms with E-state index in [2.05, 4.69) is 41.7 Å². The smallest absolute Gasteiger partial charge is 0.146 e. The lowest BCUT2D eigenvalue weighted by Gasteiger charge is -2.04. The quantitative estimate of drug-likeness (QED) is 0.0564. The lowest BCUT2D eigenvalue weighted by atomic mass is 10.1. The van der Waals surface area contributed by atoms with Gasteiger partial charge in [-0.15, -0.1) is 0 Å². The normalized spacial score (nSPS) is 11.6. The fourth-order valence-electron chi connectivity index (χ4n) is 2.79. The summed E-state index contributed by atoms with van der Waals surface area (Å²) in [5.41, 5.74) is 0. The summed E-state index contributed by atoms with van der Waals surface area (Å²) in [6.07, 6.45) is 24.5. The third-order valence-electron chi connectivity index (χ3n) is 4.41. The van der Waals surface area contributed by atoms with Gasteiger partial charge in [0.2, 0.25) is 0 Å². The van der Waals surface area contributed by atoms with Crippen LogP contribution >= 0.6 is 22.6 Å². The van der Waals surface area contributed by atoms with E-state index in [0.29, 0.717) is 6.79 Å². The number of alkyl halides is 1. The van der Waals surface area contributed by atoms with E-state index >= 15 is 0 Å². The summed E-state index contributed by atoms with van der Waals surface area (Å²) < 4.78 is 12.3. The van der Waals surface area contributed by atoms with E-state index < -0.39 is 0 Å². The predicted molar refractivity (Wildman–Crippen MR) is 120 cm³/mol. The molecule has 0 amide bonds. The fraction of sp³-hybridized carbons (Fsp3) is 0.909. The van der Waals surface area contributed by atoms with Crippen LogP contribution in [0.25, 0.3) is 0 Å². The molecular formula is C22H43IO2. The van der Waals surface area contributed by atoms with Crippen LogP contribution in [0.15, 0.2) is 12.2 Å². The molecule has 0 fully saturated rings. The second kappa shape index (κ2) is 24.4. The Bertz CT molecular complexity index is 256. The van der Waals surface area contributed by atoms with Crippen LogP contribution in [0.3, 0.4) is 0 Å². The molecule has 0 aliphatic heterocycles. The molecule has 0 aromatic carbocycles. The summed E-state index contributed by atoms with van der Waals surface area (Å²) in [6, 6.07) is 0. The van der Waals surface area contributed by atoms with Gasteiger partial charge in [-0.3, -0.25) is 0 Å². The number of ether oxygens (including phenoxy) is 2. The SMILES string of the molecule is CCCCCCCOCOCCC=CCCCCCCCCCCI. The zero-order valence-corrected chi connectivity index (χ0v) is 18.9. The molecule has 25 heavy (non-hydrogen) atoms. The van der Waals surface area contributed by atoms with Gasteiger partial charge in [0.05, 0.1) is 6.61 Å². The average Bonchev–Trinajstić information content (AvgIpc) is 2.63. The van der Waals surface area contributed by atoms with Crippen molar-refractivity contribution in [3.63, 3.8) is 0 Å². The lowest BCUT2D eigenvalue weighted by molar-refractivity contribution is -0.0531. The highest BCUT2D eigenvalue weighted by Gasteiger charge is 1.92. The molecule has 3 heteroatoms. The Morgan fingerprint density at radius 2 is 1.16 bits per heavy atom. The molecule has 0 N–H and O–H groups in total. The summed E-state index contributed by atoms with van der Waals surface area (Å²) in [4.78, 5) is 0. The minimum Gasteiger partial charge on any atom is -0.355 e. The van der Waals surface area contributed by atoms with E-state index in [9.17, 15) is 0 Å². The Balaban J connectivity index is 3.04. The van der Waals surface area contributed by atoms with Gasteiger partial charge in [-0.25, -0.2) is 0 Å². The van der Waals surface area contributed by atoms with Gasteiger partial charge in [0.15, 0.2) is 0 Å². The Labute approximate surface area is 171 Å². The van der Waals surface area contributed by atoms with Crippen molar-refractivity contribution in [2.24, 2.45) is 0 Å². The number of hydrogen-bond acceptors (Lipinski definition) is 2. The number of halogens is 1. The summed E-state index contributed by atoms with van der Waals surface area (Å²) in [5.74, 6) is 0. The summed E-state index contributed by atoms with van der Waals surface area (Å²) >= 11 is 2.47. The highest BCUT2D eigenvalue weighted by atomic mass is 127. The Morgan fingerprint density at radius 3 is 1.88 bits per heavy atom. The van der Waals surface area contributed by atoms with Crippen molar-refractivity contribution in [1.29, 1.82) is 0 Å². The highest BCUT2D eigenvalue weighted by Crippen LogP contribution is 2.10. The molecule has 0 spiro atoms. The molecule has 150 valence electrons. The first-order chi connectivity index (χ1) is 12.4. The Hall–Kier alpha value is 0.390. The Kier molecular flexibility index (Phi) is 24.8. The molecular weight excluding hydrogens is 423 g/mol. The molecule has 0 aliphatic rings. The van der Waals surface area contributed by atoms with Gasteiger partial charge in [-0.2, -0.15) is 0 Å². The van der Waals surface area contributed by atoms with E-state index in [4.69, 9.17) is 9.47 Å². The first-order valence-electron chi connectivity index (χ1n) is 10.8. The van der Waals surface area contributed by atoms with Crippen molar-refractivity contribution in [3.8, 4) is 0 Å². The van der Waals surface area contributed by atoms with Gasteiger partial charge in [0.25, 0.3) is 0 Å². The maximum atomic E-state index is 5.49. The zero-order valence-electron chi connectivity index (χ0n) is 16.8. The van der Waals surface area contributed by atoms with Crippen LogP contribution in [-0.2, 0) is 9.47 Å². The third kappa shape index (κ3) is 24.4. The summed E-state index contributed by atoms with van der Waals surface area (Å²) in [7, 11) is 0. The van der Waals surface area contributed by atoms with Crippen molar-refractivity contribution in [1.82, 2.24) is 0 Å². The summed E-state index contributed by atoms with van der Waals surface area (Å²) in [6.45, 7) is 4.33. The van der Waals surface area contributed by atoms with Gasteiger partial charge in [0.1, 0.15) is 6.79 Å². The van der Waals surface area contributed by atoms with E-state index in [-0.39, 0.29) is 0 Å². The highest BCUT2D eigenvalue weighted by molar-refractivity contribution is 14.1. The molecule has 2 nitrogen and oxygen atoms in total. The second-order valence-corrected chi connectivity index (χ2v) is 7.99. The van der Waals surface area contributed by atoms with E-state index in [0.717, 1.165) is 19.6 Å². The minimum atomic E-state index is 0.458. The van der Waals surface area contributed by atoms with Gasteiger partial charge >= 0.3 is 0 Å². The first kappa shape index (κ1) is 25.4. The first-order valence-corrected chi connectivity index (χ1v) is 12.3. The molecule has 0 heterocycles. The molecule has 0 aliphatic carbocycles. The molecule has 0 radical (unpaired) electrons. The molecule has 0 atom stereocenters. The van der Waals surface area contributed by atoms with Crippen molar-refractivity contribution in [2.75, 3.05) is 24.4 Å². The minimum absolute atomic E-state index is 0.458. The second-order valence-electron chi connectivity index (χ2n) is 6.91.